The van der Waals surface area contributed by atoms with Gasteiger partial charge >= 0.3 is 0 Å². The molecule has 1 aliphatic carbocycles. The third-order valence-electron chi connectivity index (χ3n) is 3.62. The van der Waals surface area contributed by atoms with E-state index in [4.69, 9.17) is 4.52 Å². The van der Waals surface area contributed by atoms with Gasteiger partial charge in [-0.1, -0.05) is 11.2 Å². The minimum atomic E-state index is -0.235. The molecule has 1 amide bonds. The van der Waals surface area contributed by atoms with Crippen molar-refractivity contribution in [2.45, 2.75) is 25.8 Å². The Balaban J connectivity index is 1.70. The molecule has 5 nitrogen and oxygen atoms in total. The van der Waals surface area contributed by atoms with E-state index in [9.17, 15) is 4.79 Å². The van der Waals surface area contributed by atoms with Crippen molar-refractivity contribution in [3.05, 3.63) is 46.8 Å². The largest absolute Gasteiger partial charge is 0.359 e. The van der Waals surface area contributed by atoms with Crippen LogP contribution < -0.4 is 5.32 Å². The number of amides is 1. The number of anilines is 1. The minimum Gasteiger partial charge on any atom is -0.359 e. The molecule has 5 heteroatoms. The van der Waals surface area contributed by atoms with E-state index in [1.807, 2.05) is 25.1 Å². The van der Waals surface area contributed by atoms with E-state index in [1.54, 1.807) is 6.07 Å². The maximum absolute atomic E-state index is 12.2. The molecule has 0 bridgehead atoms. The lowest BCUT2D eigenvalue weighted by atomic mass is 10.1. The van der Waals surface area contributed by atoms with Gasteiger partial charge in [0.25, 0.3) is 5.91 Å². The number of hydrogen-bond acceptors (Lipinski definition) is 4. The molecule has 0 aliphatic heterocycles. The maximum atomic E-state index is 12.2. The molecular weight excluding hydrogens is 266 g/mol. The van der Waals surface area contributed by atoms with Gasteiger partial charge in [-0.25, -0.2) is 0 Å². The average molecular weight is 285 g/mol. The van der Waals surface area contributed by atoms with Crippen LogP contribution in [0.4, 0.5) is 5.69 Å². The van der Waals surface area contributed by atoms with Crippen molar-refractivity contribution < 1.29 is 9.32 Å². The van der Waals surface area contributed by atoms with Gasteiger partial charge < -0.3 is 14.7 Å². The second kappa shape index (κ2) is 5.69. The molecular formula is C16H19N3O2. The van der Waals surface area contributed by atoms with Crippen molar-refractivity contribution in [2.75, 3.05) is 19.4 Å². The summed E-state index contributed by atoms with van der Waals surface area (Å²) >= 11 is 0. The SMILES string of the molecule is CN(C)Cc1cc(C(=O)Nc2ccc3c(c2)CCC3)no1. The standard InChI is InChI=1S/C16H19N3O2/c1-19(2)10-14-9-15(18-21-14)16(20)17-13-7-6-11-4-3-5-12(11)8-13/h6-9H,3-5,10H2,1-2H3,(H,17,20). The van der Waals surface area contributed by atoms with Gasteiger partial charge in [0.15, 0.2) is 11.5 Å². The summed E-state index contributed by atoms with van der Waals surface area (Å²) in [5, 5.41) is 6.70. The van der Waals surface area contributed by atoms with Crippen LogP contribution >= 0.6 is 0 Å². The molecule has 0 saturated carbocycles. The number of rotatable bonds is 4. The van der Waals surface area contributed by atoms with Gasteiger partial charge in [0.05, 0.1) is 6.54 Å². The highest BCUT2D eigenvalue weighted by Gasteiger charge is 2.15. The van der Waals surface area contributed by atoms with E-state index in [0.29, 0.717) is 18.0 Å². The third-order valence-corrected chi connectivity index (χ3v) is 3.62. The average Bonchev–Trinajstić information content (AvgIpc) is 3.06. The van der Waals surface area contributed by atoms with Crippen molar-refractivity contribution in [2.24, 2.45) is 0 Å². The summed E-state index contributed by atoms with van der Waals surface area (Å²) in [6.07, 6.45) is 3.43. The number of carbonyl (C=O) groups excluding carboxylic acids is 1. The van der Waals surface area contributed by atoms with E-state index in [1.165, 1.54) is 17.5 Å². The lowest BCUT2D eigenvalue weighted by Gasteiger charge is -2.05. The lowest BCUT2D eigenvalue weighted by molar-refractivity contribution is 0.101. The van der Waals surface area contributed by atoms with E-state index in [2.05, 4.69) is 22.6 Å². The van der Waals surface area contributed by atoms with E-state index < -0.39 is 0 Å². The zero-order valence-electron chi connectivity index (χ0n) is 12.3. The number of fused-ring (bicyclic) bond motifs is 1. The van der Waals surface area contributed by atoms with E-state index in [0.717, 1.165) is 18.5 Å². The Morgan fingerprint density at radius 3 is 2.90 bits per heavy atom. The summed E-state index contributed by atoms with van der Waals surface area (Å²) in [5.41, 5.74) is 3.86. The van der Waals surface area contributed by atoms with Crippen LogP contribution in [0.5, 0.6) is 0 Å². The molecule has 21 heavy (non-hydrogen) atoms. The first-order chi connectivity index (χ1) is 10.1. The van der Waals surface area contributed by atoms with Gasteiger partial charge in [0, 0.05) is 11.8 Å². The molecule has 1 aromatic heterocycles. The molecule has 3 rings (SSSR count). The van der Waals surface area contributed by atoms with Crippen LogP contribution in [0.25, 0.3) is 0 Å². The van der Waals surface area contributed by atoms with Crippen LogP contribution in [0.2, 0.25) is 0 Å². The second-order valence-corrected chi connectivity index (χ2v) is 5.71. The minimum absolute atomic E-state index is 0.235. The normalized spacial score (nSPS) is 13.5. The number of carbonyl (C=O) groups is 1. The van der Waals surface area contributed by atoms with Crippen LogP contribution in [0.15, 0.2) is 28.8 Å². The molecule has 0 fully saturated rings. The second-order valence-electron chi connectivity index (χ2n) is 5.71. The predicted molar refractivity (Wildman–Crippen MR) is 80.3 cm³/mol. The summed E-state index contributed by atoms with van der Waals surface area (Å²) < 4.78 is 5.16. The van der Waals surface area contributed by atoms with Crippen molar-refractivity contribution in [3.8, 4) is 0 Å². The van der Waals surface area contributed by atoms with Crippen LogP contribution in [0.1, 0.15) is 33.8 Å². The lowest BCUT2D eigenvalue weighted by Crippen LogP contribution is -2.12. The first-order valence-corrected chi connectivity index (χ1v) is 7.15. The van der Waals surface area contributed by atoms with Crippen LogP contribution in [0, 0.1) is 0 Å². The molecule has 110 valence electrons. The topological polar surface area (TPSA) is 58.4 Å². The molecule has 1 aromatic carbocycles. The van der Waals surface area contributed by atoms with Crippen LogP contribution in [-0.2, 0) is 19.4 Å². The van der Waals surface area contributed by atoms with Gasteiger partial charge in [-0.15, -0.1) is 0 Å². The quantitative estimate of drug-likeness (QED) is 0.937. The van der Waals surface area contributed by atoms with Crippen molar-refractivity contribution >= 4 is 11.6 Å². The number of aryl methyl sites for hydroxylation is 2. The number of nitrogens with zero attached hydrogens (tertiary/aromatic N) is 2. The van der Waals surface area contributed by atoms with Crippen molar-refractivity contribution in [1.29, 1.82) is 0 Å². The molecule has 1 aliphatic rings. The Morgan fingerprint density at radius 1 is 1.29 bits per heavy atom. The van der Waals surface area contributed by atoms with Gasteiger partial charge in [-0.3, -0.25) is 4.79 Å². The fourth-order valence-electron chi connectivity index (χ4n) is 2.65. The predicted octanol–water partition coefficient (Wildman–Crippen LogP) is 2.48. The highest BCUT2D eigenvalue weighted by Crippen LogP contribution is 2.25. The molecule has 0 radical (unpaired) electrons. The molecule has 0 saturated heterocycles. The summed E-state index contributed by atoms with van der Waals surface area (Å²) in [4.78, 5) is 14.1. The van der Waals surface area contributed by atoms with Gasteiger partial charge in [-0.05, 0) is 56.6 Å². The van der Waals surface area contributed by atoms with Crippen molar-refractivity contribution in [1.82, 2.24) is 10.1 Å². The van der Waals surface area contributed by atoms with E-state index >= 15 is 0 Å². The molecule has 0 unspecified atom stereocenters. The molecule has 1 heterocycles. The Morgan fingerprint density at radius 2 is 2.10 bits per heavy atom. The Hall–Kier alpha value is -2.14. The fraction of sp³-hybridized carbons (Fsp3) is 0.375. The molecule has 1 N–H and O–H groups in total. The highest BCUT2D eigenvalue weighted by molar-refractivity contribution is 6.02. The zero-order chi connectivity index (χ0) is 14.8. The Bertz CT molecular complexity index is 661. The maximum Gasteiger partial charge on any atom is 0.277 e. The fourth-order valence-corrected chi connectivity index (χ4v) is 2.65. The number of aromatic nitrogens is 1. The van der Waals surface area contributed by atoms with Crippen LogP contribution in [0.3, 0.4) is 0 Å². The van der Waals surface area contributed by atoms with E-state index in [-0.39, 0.29) is 5.91 Å². The van der Waals surface area contributed by atoms with Crippen molar-refractivity contribution in [3.63, 3.8) is 0 Å². The summed E-state index contributed by atoms with van der Waals surface area (Å²) in [6.45, 7) is 0.624. The third kappa shape index (κ3) is 3.13. The molecule has 0 atom stereocenters. The van der Waals surface area contributed by atoms with Gasteiger partial charge in [-0.2, -0.15) is 0 Å². The number of benzene rings is 1. The zero-order valence-corrected chi connectivity index (χ0v) is 12.3. The first kappa shape index (κ1) is 13.8. The highest BCUT2D eigenvalue weighted by atomic mass is 16.5. The summed E-state index contributed by atoms with van der Waals surface area (Å²) in [6, 6.07) is 7.78. The number of hydrogen-bond donors (Lipinski definition) is 1. The molecule has 0 spiro atoms. The summed E-state index contributed by atoms with van der Waals surface area (Å²) in [7, 11) is 3.87. The molecule has 2 aromatic rings. The van der Waals surface area contributed by atoms with Gasteiger partial charge in [0.2, 0.25) is 0 Å². The Labute approximate surface area is 123 Å². The number of nitrogens with one attached hydrogen (secondary N) is 1. The smallest absolute Gasteiger partial charge is 0.277 e. The first-order valence-electron chi connectivity index (χ1n) is 7.15. The van der Waals surface area contributed by atoms with Gasteiger partial charge in [0.1, 0.15) is 0 Å². The summed E-state index contributed by atoms with van der Waals surface area (Å²) in [5.74, 6) is 0.445. The Kier molecular flexibility index (Phi) is 3.75. The van der Waals surface area contributed by atoms with Crippen LogP contribution in [-0.4, -0.2) is 30.1 Å². The monoisotopic (exact) mass is 285 g/mol.